The number of halogens is 1. The Labute approximate surface area is 137 Å². The molecule has 4 heteroatoms. The first-order valence-corrected chi connectivity index (χ1v) is 7.72. The van der Waals surface area contributed by atoms with Crippen LogP contribution in [0.15, 0.2) is 74.7 Å². The van der Waals surface area contributed by atoms with Crippen LogP contribution < -0.4 is 5.43 Å². The van der Waals surface area contributed by atoms with Crippen molar-refractivity contribution in [3.05, 3.63) is 76.5 Å². The summed E-state index contributed by atoms with van der Waals surface area (Å²) in [5.74, 6) is 1.53. The van der Waals surface area contributed by atoms with Crippen LogP contribution in [0.2, 0.25) is 0 Å². The SMILES string of the molecule is Cc1ccccc1N/N=C\c1ccc(-c2ccc(Br)cc2)o1. The number of para-hydroxylation sites is 1. The number of aryl methyl sites for hydroxylation is 1. The molecule has 0 aliphatic rings. The zero-order valence-electron chi connectivity index (χ0n) is 12.1. The van der Waals surface area contributed by atoms with Gasteiger partial charge in [0.2, 0.25) is 0 Å². The van der Waals surface area contributed by atoms with E-state index in [0.717, 1.165) is 27.0 Å². The van der Waals surface area contributed by atoms with Crippen molar-refractivity contribution in [2.45, 2.75) is 6.92 Å². The van der Waals surface area contributed by atoms with Crippen LogP contribution in [0.3, 0.4) is 0 Å². The molecule has 0 aliphatic carbocycles. The van der Waals surface area contributed by atoms with E-state index in [0.29, 0.717) is 5.76 Å². The molecule has 1 heterocycles. The molecule has 0 fully saturated rings. The van der Waals surface area contributed by atoms with E-state index in [9.17, 15) is 0 Å². The lowest BCUT2D eigenvalue weighted by atomic mass is 10.2. The predicted molar refractivity (Wildman–Crippen MR) is 94.2 cm³/mol. The van der Waals surface area contributed by atoms with Crippen LogP contribution in [0.1, 0.15) is 11.3 Å². The lowest BCUT2D eigenvalue weighted by Crippen LogP contribution is -1.91. The van der Waals surface area contributed by atoms with Crippen molar-refractivity contribution in [2.24, 2.45) is 5.10 Å². The van der Waals surface area contributed by atoms with Crippen molar-refractivity contribution >= 4 is 27.8 Å². The topological polar surface area (TPSA) is 37.5 Å². The van der Waals surface area contributed by atoms with E-state index in [2.05, 4.69) is 26.5 Å². The van der Waals surface area contributed by atoms with Crippen LogP contribution in [0.4, 0.5) is 5.69 Å². The summed E-state index contributed by atoms with van der Waals surface area (Å²) in [6, 6.07) is 19.9. The molecule has 2 aromatic carbocycles. The van der Waals surface area contributed by atoms with Gasteiger partial charge in [-0.15, -0.1) is 0 Å². The molecular formula is C18H15BrN2O. The van der Waals surface area contributed by atoms with Gasteiger partial charge in [0, 0.05) is 10.0 Å². The van der Waals surface area contributed by atoms with E-state index in [-0.39, 0.29) is 0 Å². The first-order valence-electron chi connectivity index (χ1n) is 6.93. The van der Waals surface area contributed by atoms with Gasteiger partial charge in [-0.2, -0.15) is 5.10 Å². The fourth-order valence-electron chi connectivity index (χ4n) is 2.06. The number of hydrogen-bond acceptors (Lipinski definition) is 3. The average molecular weight is 355 g/mol. The second-order valence-electron chi connectivity index (χ2n) is 4.89. The van der Waals surface area contributed by atoms with Crippen LogP contribution in [-0.4, -0.2) is 6.21 Å². The Morgan fingerprint density at radius 2 is 1.77 bits per heavy atom. The lowest BCUT2D eigenvalue weighted by molar-refractivity contribution is 0.575. The van der Waals surface area contributed by atoms with Crippen LogP contribution in [0, 0.1) is 6.92 Å². The minimum atomic E-state index is 0.707. The van der Waals surface area contributed by atoms with E-state index < -0.39 is 0 Å². The van der Waals surface area contributed by atoms with Gasteiger partial charge in [0.05, 0.1) is 11.9 Å². The Morgan fingerprint density at radius 1 is 1.00 bits per heavy atom. The van der Waals surface area contributed by atoms with Crippen LogP contribution in [-0.2, 0) is 0 Å². The summed E-state index contributed by atoms with van der Waals surface area (Å²) in [4.78, 5) is 0. The molecular weight excluding hydrogens is 340 g/mol. The van der Waals surface area contributed by atoms with Crippen molar-refractivity contribution < 1.29 is 4.42 Å². The van der Waals surface area contributed by atoms with Crippen molar-refractivity contribution in [1.29, 1.82) is 0 Å². The summed E-state index contributed by atoms with van der Waals surface area (Å²) in [5, 5.41) is 4.22. The number of hydrazone groups is 1. The highest BCUT2D eigenvalue weighted by Gasteiger charge is 2.03. The molecule has 110 valence electrons. The first kappa shape index (κ1) is 14.6. The molecule has 3 rings (SSSR count). The summed E-state index contributed by atoms with van der Waals surface area (Å²) in [7, 11) is 0. The smallest absolute Gasteiger partial charge is 0.147 e. The van der Waals surface area contributed by atoms with Gasteiger partial charge in [0.25, 0.3) is 0 Å². The molecule has 0 saturated heterocycles. The van der Waals surface area contributed by atoms with E-state index in [1.165, 1.54) is 0 Å². The van der Waals surface area contributed by atoms with Gasteiger partial charge in [0.15, 0.2) is 0 Å². The highest BCUT2D eigenvalue weighted by Crippen LogP contribution is 2.23. The fraction of sp³-hybridized carbons (Fsp3) is 0.0556. The van der Waals surface area contributed by atoms with E-state index in [1.807, 2.05) is 67.6 Å². The van der Waals surface area contributed by atoms with E-state index >= 15 is 0 Å². The fourth-order valence-corrected chi connectivity index (χ4v) is 2.32. The third kappa shape index (κ3) is 3.46. The molecule has 22 heavy (non-hydrogen) atoms. The van der Waals surface area contributed by atoms with Crippen LogP contribution in [0.25, 0.3) is 11.3 Å². The molecule has 0 bridgehead atoms. The summed E-state index contributed by atoms with van der Waals surface area (Å²) in [5.41, 5.74) is 6.19. The quantitative estimate of drug-likeness (QED) is 0.498. The summed E-state index contributed by atoms with van der Waals surface area (Å²) < 4.78 is 6.82. The van der Waals surface area contributed by atoms with Crippen molar-refractivity contribution in [3.63, 3.8) is 0 Å². The molecule has 0 atom stereocenters. The van der Waals surface area contributed by atoms with E-state index in [1.54, 1.807) is 6.21 Å². The van der Waals surface area contributed by atoms with Gasteiger partial charge >= 0.3 is 0 Å². The van der Waals surface area contributed by atoms with Crippen LogP contribution >= 0.6 is 15.9 Å². The Hall–Kier alpha value is -2.33. The standard InChI is InChI=1S/C18H15BrN2O/c1-13-4-2-3-5-17(13)21-20-12-16-10-11-18(22-16)14-6-8-15(19)9-7-14/h2-12,21H,1H3/b20-12-. The van der Waals surface area contributed by atoms with Crippen molar-refractivity contribution in [2.75, 3.05) is 5.43 Å². The maximum absolute atomic E-state index is 5.77. The van der Waals surface area contributed by atoms with Crippen LogP contribution in [0.5, 0.6) is 0 Å². The molecule has 0 amide bonds. The van der Waals surface area contributed by atoms with Gasteiger partial charge in [-0.05, 0) is 42.8 Å². The number of nitrogens with zero attached hydrogens (tertiary/aromatic N) is 1. The maximum Gasteiger partial charge on any atom is 0.147 e. The molecule has 0 radical (unpaired) electrons. The zero-order chi connectivity index (χ0) is 15.4. The molecule has 3 aromatic rings. The first-order chi connectivity index (χ1) is 10.7. The number of nitrogens with one attached hydrogen (secondary N) is 1. The summed E-state index contributed by atoms with van der Waals surface area (Å²) in [6.45, 7) is 2.04. The minimum absolute atomic E-state index is 0.707. The lowest BCUT2D eigenvalue weighted by Gasteiger charge is -2.02. The average Bonchev–Trinajstić information content (AvgIpc) is 2.99. The molecule has 0 saturated carbocycles. The Kier molecular flexibility index (Phi) is 4.39. The normalized spacial score (nSPS) is 11.0. The Bertz CT molecular complexity index is 791. The van der Waals surface area contributed by atoms with Crippen molar-refractivity contribution in [3.8, 4) is 11.3 Å². The molecule has 1 aromatic heterocycles. The number of rotatable bonds is 4. The van der Waals surface area contributed by atoms with E-state index in [4.69, 9.17) is 4.42 Å². The number of benzene rings is 2. The second-order valence-corrected chi connectivity index (χ2v) is 5.81. The van der Waals surface area contributed by atoms with Gasteiger partial charge in [0.1, 0.15) is 11.5 Å². The molecule has 0 unspecified atom stereocenters. The molecule has 0 aliphatic heterocycles. The Morgan fingerprint density at radius 3 is 2.55 bits per heavy atom. The third-order valence-electron chi connectivity index (χ3n) is 3.28. The monoisotopic (exact) mass is 354 g/mol. The minimum Gasteiger partial charge on any atom is -0.455 e. The van der Waals surface area contributed by atoms with Gasteiger partial charge in [-0.25, -0.2) is 0 Å². The summed E-state index contributed by atoms with van der Waals surface area (Å²) >= 11 is 3.43. The predicted octanol–water partition coefficient (Wildman–Crippen LogP) is 5.46. The number of anilines is 1. The molecule has 3 nitrogen and oxygen atoms in total. The van der Waals surface area contributed by atoms with Crippen molar-refractivity contribution in [1.82, 2.24) is 0 Å². The maximum atomic E-state index is 5.77. The zero-order valence-corrected chi connectivity index (χ0v) is 13.7. The van der Waals surface area contributed by atoms with Gasteiger partial charge in [-0.3, -0.25) is 5.43 Å². The highest BCUT2D eigenvalue weighted by molar-refractivity contribution is 9.10. The van der Waals surface area contributed by atoms with Gasteiger partial charge in [-0.1, -0.05) is 46.3 Å². The number of hydrogen-bond donors (Lipinski definition) is 1. The summed E-state index contributed by atoms with van der Waals surface area (Å²) in [6.07, 6.45) is 1.68. The number of furan rings is 1. The Balaban J connectivity index is 1.70. The molecule has 0 spiro atoms. The third-order valence-corrected chi connectivity index (χ3v) is 3.81. The largest absolute Gasteiger partial charge is 0.455 e. The van der Waals surface area contributed by atoms with Gasteiger partial charge < -0.3 is 4.42 Å². The molecule has 1 N–H and O–H groups in total. The highest BCUT2D eigenvalue weighted by atomic mass is 79.9. The second kappa shape index (κ2) is 6.62.